The third-order valence-corrected chi connectivity index (χ3v) is 3.52. The van der Waals surface area contributed by atoms with E-state index < -0.39 is 24.1 Å². The van der Waals surface area contributed by atoms with Gasteiger partial charge in [0.15, 0.2) is 12.2 Å². The second-order valence-electron chi connectivity index (χ2n) is 6.07. The van der Waals surface area contributed by atoms with Gasteiger partial charge in [-0.2, -0.15) is 0 Å². The van der Waals surface area contributed by atoms with Crippen molar-refractivity contribution in [2.45, 2.75) is 52.7 Å². The van der Waals surface area contributed by atoms with Crippen molar-refractivity contribution in [1.82, 2.24) is 4.90 Å². The maximum Gasteiger partial charge on any atom is 0.335 e. The van der Waals surface area contributed by atoms with E-state index in [2.05, 4.69) is 13.8 Å². The second kappa shape index (κ2) is 13.6. The number of aliphatic hydroxyl groups is 2. The molecule has 3 atom stereocenters. The van der Waals surface area contributed by atoms with E-state index in [-0.39, 0.29) is 5.91 Å². The van der Waals surface area contributed by atoms with Crippen molar-refractivity contribution in [2.24, 2.45) is 17.6 Å². The number of hydrogen-bond donors (Lipinski definition) is 5. The quantitative estimate of drug-likeness (QED) is 0.354. The maximum absolute atomic E-state index is 11.8. The highest BCUT2D eigenvalue weighted by atomic mass is 16.4. The van der Waals surface area contributed by atoms with Gasteiger partial charge in [0.05, 0.1) is 0 Å². The van der Waals surface area contributed by atoms with Crippen molar-refractivity contribution in [3.05, 3.63) is 0 Å². The van der Waals surface area contributed by atoms with Crippen LogP contribution in [0.25, 0.3) is 0 Å². The Hall–Kier alpha value is -1.71. The largest absolute Gasteiger partial charge is 0.479 e. The first kappa shape index (κ1) is 25.5. The predicted molar refractivity (Wildman–Crippen MR) is 91.8 cm³/mol. The molecule has 9 nitrogen and oxygen atoms in total. The summed E-state index contributed by atoms with van der Waals surface area (Å²) in [5, 5.41) is 32.5. The summed E-state index contributed by atoms with van der Waals surface area (Å²) in [5.41, 5.74) is 5.68. The van der Waals surface area contributed by atoms with Crippen molar-refractivity contribution in [2.75, 3.05) is 19.6 Å². The van der Waals surface area contributed by atoms with Gasteiger partial charge in [-0.05, 0) is 38.6 Å². The number of carboxylic acids is 2. The monoisotopic (exact) mass is 364 g/mol. The summed E-state index contributed by atoms with van der Waals surface area (Å²) in [6.07, 6.45) is -2.88. The molecule has 9 heteroatoms. The number of aliphatic carboxylic acids is 2. The van der Waals surface area contributed by atoms with Crippen LogP contribution in [-0.4, -0.2) is 75.0 Å². The van der Waals surface area contributed by atoms with Crippen LogP contribution in [-0.2, 0) is 14.4 Å². The summed E-state index contributed by atoms with van der Waals surface area (Å²) in [4.78, 5) is 33.2. The number of carbonyl (C=O) groups is 3. The average molecular weight is 364 g/mol. The Morgan fingerprint density at radius 1 is 0.960 bits per heavy atom. The number of rotatable bonds is 10. The van der Waals surface area contributed by atoms with Crippen LogP contribution in [0.1, 0.15) is 40.5 Å². The highest BCUT2D eigenvalue weighted by Gasteiger charge is 2.29. The Bertz CT molecular complexity index is 393. The lowest BCUT2D eigenvalue weighted by atomic mass is 9.94. The van der Waals surface area contributed by atoms with Gasteiger partial charge in [0.25, 0.3) is 0 Å². The molecule has 0 aliphatic rings. The molecular formula is C16H32N2O7. The first-order valence-electron chi connectivity index (χ1n) is 8.31. The zero-order valence-electron chi connectivity index (χ0n) is 15.4. The Labute approximate surface area is 148 Å². The van der Waals surface area contributed by atoms with Crippen LogP contribution < -0.4 is 5.73 Å². The van der Waals surface area contributed by atoms with Crippen LogP contribution in [0.5, 0.6) is 0 Å². The van der Waals surface area contributed by atoms with E-state index in [1.54, 1.807) is 0 Å². The van der Waals surface area contributed by atoms with Crippen LogP contribution >= 0.6 is 0 Å². The smallest absolute Gasteiger partial charge is 0.335 e. The minimum absolute atomic E-state index is 0.246. The van der Waals surface area contributed by atoms with Crippen LogP contribution in [0.4, 0.5) is 0 Å². The van der Waals surface area contributed by atoms with Crippen LogP contribution in [0.3, 0.4) is 0 Å². The van der Waals surface area contributed by atoms with Gasteiger partial charge in [0.1, 0.15) is 0 Å². The predicted octanol–water partition coefficient (Wildman–Crippen LogP) is -0.257. The van der Waals surface area contributed by atoms with Gasteiger partial charge in [0.2, 0.25) is 5.91 Å². The summed E-state index contributed by atoms with van der Waals surface area (Å²) in [5.74, 6) is -2.33. The molecule has 0 bridgehead atoms. The third-order valence-electron chi connectivity index (χ3n) is 3.52. The molecule has 0 fully saturated rings. The molecule has 1 amide bonds. The normalized spacial score (nSPS) is 14.1. The van der Waals surface area contributed by atoms with Crippen LogP contribution in [0.2, 0.25) is 0 Å². The van der Waals surface area contributed by atoms with Gasteiger partial charge in [-0.1, -0.05) is 13.8 Å². The van der Waals surface area contributed by atoms with Gasteiger partial charge in [-0.25, -0.2) is 9.59 Å². The first-order valence-corrected chi connectivity index (χ1v) is 8.31. The summed E-state index contributed by atoms with van der Waals surface area (Å²) in [7, 11) is 0. The van der Waals surface area contributed by atoms with Crippen molar-refractivity contribution in [3.8, 4) is 0 Å². The summed E-state index contributed by atoms with van der Waals surface area (Å²) < 4.78 is 0. The number of carbonyl (C=O) groups excluding carboxylic acids is 1. The highest BCUT2D eigenvalue weighted by molar-refractivity contribution is 5.83. The van der Waals surface area contributed by atoms with E-state index in [1.165, 1.54) is 0 Å². The lowest BCUT2D eigenvalue weighted by Gasteiger charge is -2.22. The van der Waals surface area contributed by atoms with E-state index >= 15 is 0 Å². The van der Waals surface area contributed by atoms with E-state index in [9.17, 15) is 14.4 Å². The highest BCUT2D eigenvalue weighted by Crippen LogP contribution is 2.15. The summed E-state index contributed by atoms with van der Waals surface area (Å²) in [6, 6.07) is 0. The lowest BCUT2D eigenvalue weighted by molar-refractivity contribution is -0.165. The molecule has 0 saturated carbocycles. The minimum Gasteiger partial charge on any atom is -0.479 e. The van der Waals surface area contributed by atoms with Crippen molar-refractivity contribution >= 4 is 17.8 Å². The number of carboxylic acid groups (broad SMARTS) is 2. The van der Waals surface area contributed by atoms with Gasteiger partial charge >= 0.3 is 11.9 Å². The van der Waals surface area contributed by atoms with E-state index in [4.69, 9.17) is 26.2 Å². The molecule has 0 aromatic carbocycles. The number of nitrogens with two attached hydrogens (primary N) is 1. The third kappa shape index (κ3) is 11.5. The van der Waals surface area contributed by atoms with E-state index in [0.29, 0.717) is 24.8 Å². The summed E-state index contributed by atoms with van der Waals surface area (Å²) >= 11 is 0. The van der Waals surface area contributed by atoms with Crippen molar-refractivity contribution < 1.29 is 34.8 Å². The average Bonchev–Trinajstić information content (AvgIpc) is 2.53. The molecule has 25 heavy (non-hydrogen) atoms. The number of aliphatic hydroxyl groups excluding tert-OH is 2. The number of amides is 1. The molecule has 0 unspecified atom stereocenters. The Kier molecular flexibility index (Phi) is 13.9. The van der Waals surface area contributed by atoms with Gasteiger partial charge in [0, 0.05) is 19.5 Å². The zero-order chi connectivity index (χ0) is 20.2. The SMILES string of the molecule is CCN(CC)C(=O)C[C@H](CN)CC(C)C.O=C(O)[C@@H](O)[C@H](O)C(=O)O. The van der Waals surface area contributed by atoms with Crippen LogP contribution in [0.15, 0.2) is 0 Å². The first-order chi connectivity index (χ1) is 11.5. The molecule has 0 aliphatic carbocycles. The maximum atomic E-state index is 11.8. The summed E-state index contributed by atoms with van der Waals surface area (Å²) in [6.45, 7) is 10.6. The molecule has 0 heterocycles. The number of nitrogens with zero attached hydrogens (tertiary/aromatic N) is 1. The lowest BCUT2D eigenvalue weighted by Crippen LogP contribution is -2.39. The fraction of sp³-hybridized carbons (Fsp3) is 0.812. The van der Waals surface area contributed by atoms with Crippen molar-refractivity contribution in [1.29, 1.82) is 0 Å². The Balaban J connectivity index is 0. The molecule has 6 N–H and O–H groups in total. The fourth-order valence-electron chi connectivity index (χ4n) is 2.15. The molecule has 0 saturated heterocycles. The molecular weight excluding hydrogens is 332 g/mol. The Morgan fingerprint density at radius 2 is 1.36 bits per heavy atom. The van der Waals surface area contributed by atoms with Gasteiger partial charge in [-0.15, -0.1) is 0 Å². The molecule has 0 spiro atoms. The molecule has 0 aromatic rings. The fourth-order valence-corrected chi connectivity index (χ4v) is 2.15. The zero-order valence-corrected chi connectivity index (χ0v) is 15.4. The van der Waals surface area contributed by atoms with Crippen LogP contribution in [0, 0.1) is 11.8 Å². The van der Waals surface area contributed by atoms with Gasteiger partial charge in [-0.3, -0.25) is 4.79 Å². The standard InChI is InChI=1S/C12H26N2O.C4H6O6/c1-5-14(6-2)12(15)8-11(9-13)7-10(3)4;5-1(3(7)8)2(6)4(9)10/h10-11H,5-9,13H2,1-4H3;1-2,5-6H,(H,7,8)(H,9,10)/t11-;1-,2-/m10/s1. The minimum atomic E-state index is -2.27. The number of hydrogen-bond acceptors (Lipinski definition) is 6. The molecule has 0 rings (SSSR count). The topological polar surface area (TPSA) is 161 Å². The molecule has 0 aromatic heterocycles. The molecule has 148 valence electrons. The van der Waals surface area contributed by atoms with Gasteiger partial charge < -0.3 is 31.1 Å². The van der Waals surface area contributed by atoms with E-state index in [1.807, 2.05) is 18.7 Å². The molecule has 0 aliphatic heterocycles. The van der Waals surface area contributed by atoms with Crippen molar-refractivity contribution in [3.63, 3.8) is 0 Å². The second-order valence-corrected chi connectivity index (χ2v) is 6.07. The van der Waals surface area contributed by atoms with E-state index in [0.717, 1.165) is 19.5 Å². The molecule has 0 radical (unpaired) electrons. The Morgan fingerprint density at radius 3 is 1.60 bits per heavy atom.